The molecule has 0 amide bonds. The Hall–Kier alpha value is -2.14. The van der Waals surface area contributed by atoms with Gasteiger partial charge in [-0.25, -0.2) is 0 Å². The van der Waals surface area contributed by atoms with Gasteiger partial charge in [-0.2, -0.15) is 11.8 Å². The molecule has 0 spiro atoms. The molecule has 3 atom stereocenters. The highest BCUT2D eigenvalue weighted by Crippen LogP contribution is 2.02. The molecule has 30 heavy (non-hydrogen) atoms. The highest BCUT2D eigenvalue weighted by molar-refractivity contribution is 7.98. The van der Waals surface area contributed by atoms with Gasteiger partial charge in [0.05, 0.1) is 0 Å². The summed E-state index contributed by atoms with van der Waals surface area (Å²) < 4.78 is 0. The summed E-state index contributed by atoms with van der Waals surface area (Å²) in [6.45, 7) is 3.89. The molecule has 0 aromatic heterocycles. The fraction of sp³-hybridized carbons (Fsp3) is 0.550. The summed E-state index contributed by atoms with van der Waals surface area (Å²) in [4.78, 5) is 30.6. The minimum Gasteiger partial charge on any atom is -0.480 e. The summed E-state index contributed by atoms with van der Waals surface area (Å²) in [5.41, 5.74) is 16.7. The topological polar surface area (TPSA) is 190 Å². The highest BCUT2D eigenvalue weighted by atomic mass is 32.2. The molecule has 0 saturated carbocycles. The van der Waals surface area contributed by atoms with E-state index in [9.17, 15) is 14.4 Å². The first-order valence-electron chi connectivity index (χ1n) is 9.40. The number of carbonyl (C=O) groups is 3. The summed E-state index contributed by atoms with van der Waals surface area (Å²) in [6, 6.07) is 7.17. The van der Waals surface area contributed by atoms with Crippen LogP contribution in [0.25, 0.3) is 0 Å². The Kier molecular flexibility index (Phi) is 17.7. The maximum absolute atomic E-state index is 10.4. The molecule has 9 N–H and O–H groups in total. The van der Waals surface area contributed by atoms with Crippen LogP contribution in [0.3, 0.4) is 0 Å². The quantitative estimate of drug-likeness (QED) is 0.305. The van der Waals surface area contributed by atoms with Gasteiger partial charge < -0.3 is 32.5 Å². The molecule has 0 aliphatic rings. The first-order valence-corrected chi connectivity index (χ1v) is 10.8. The zero-order chi connectivity index (χ0) is 23.7. The number of aliphatic carboxylic acids is 3. The van der Waals surface area contributed by atoms with Crippen LogP contribution in [0.4, 0.5) is 0 Å². The van der Waals surface area contributed by atoms with Crippen LogP contribution < -0.4 is 17.2 Å². The van der Waals surface area contributed by atoms with E-state index in [1.165, 1.54) is 0 Å². The summed E-state index contributed by atoms with van der Waals surface area (Å²) in [6.07, 6.45) is 3.41. The Morgan fingerprint density at radius 2 is 1.33 bits per heavy atom. The van der Waals surface area contributed by atoms with Crippen LogP contribution in [0.2, 0.25) is 0 Å². The van der Waals surface area contributed by atoms with Crippen LogP contribution in [0.5, 0.6) is 0 Å². The van der Waals surface area contributed by atoms with Gasteiger partial charge in [0.1, 0.15) is 18.1 Å². The lowest BCUT2D eigenvalue weighted by molar-refractivity contribution is -0.139. The molecule has 0 fully saturated rings. The largest absolute Gasteiger partial charge is 0.480 e. The van der Waals surface area contributed by atoms with Crippen LogP contribution in [0, 0.1) is 5.92 Å². The highest BCUT2D eigenvalue weighted by Gasteiger charge is 2.12. The third-order valence-electron chi connectivity index (χ3n) is 3.61. The molecule has 0 aliphatic carbocycles. The Labute approximate surface area is 182 Å². The second-order valence-electron chi connectivity index (χ2n) is 6.93. The zero-order valence-corrected chi connectivity index (χ0v) is 18.5. The van der Waals surface area contributed by atoms with Crippen molar-refractivity contribution in [3.63, 3.8) is 0 Å². The Morgan fingerprint density at radius 1 is 0.867 bits per heavy atom. The molecule has 0 unspecified atom stereocenters. The van der Waals surface area contributed by atoms with Crippen molar-refractivity contribution < 1.29 is 29.7 Å². The SMILES string of the molecule is CC(C)C[C@H](N)C(=O)O.CSCC[C@H](N)C(=O)O.N[C@@H](Cc1ccccc1)C(=O)O. The van der Waals surface area contributed by atoms with Crippen LogP contribution in [0.15, 0.2) is 30.3 Å². The van der Waals surface area contributed by atoms with Gasteiger partial charge in [0, 0.05) is 0 Å². The van der Waals surface area contributed by atoms with Crippen LogP contribution in [-0.4, -0.2) is 63.4 Å². The van der Waals surface area contributed by atoms with E-state index in [2.05, 4.69) is 0 Å². The standard InChI is InChI=1S/C9H11NO2.C6H13NO2.C5H11NO2S/c10-8(9(11)12)6-7-4-2-1-3-5-7;1-4(2)3-5(7)6(8)9;1-9-3-2-4(6)5(7)8/h1-5,8H,6,10H2,(H,11,12);4-5H,3,7H2,1-2H3,(H,8,9);4H,2-3,6H2,1H3,(H,7,8)/t8-;5-;4-/m000/s1. The van der Waals surface area contributed by atoms with Crippen molar-refractivity contribution in [2.45, 2.75) is 51.2 Å². The second kappa shape index (κ2) is 17.7. The van der Waals surface area contributed by atoms with Crippen molar-refractivity contribution in [3.8, 4) is 0 Å². The van der Waals surface area contributed by atoms with Crippen molar-refractivity contribution in [2.75, 3.05) is 12.0 Å². The van der Waals surface area contributed by atoms with E-state index < -0.39 is 36.0 Å². The average Bonchev–Trinajstić information content (AvgIpc) is 2.67. The van der Waals surface area contributed by atoms with Crippen molar-refractivity contribution in [2.24, 2.45) is 23.1 Å². The third kappa shape index (κ3) is 17.9. The lowest BCUT2D eigenvalue weighted by Crippen LogP contribution is -2.32. The molecule has 1 aromatic carbocycles. The molecule has 0 radical (unpaired) electrons. The summed E-state index contributed by atoms with van der Waals surface area (Å²) in [5, 5.41) is 25.1. The maximum atomic E-state index is 10.4. The fourth-order valence-electron chi connectivity index (χ4n) is 1.93. The van der Waals surface area contributed by atoms with Crippen molar-refractivity contribution in [3.05, 3.63) is 35.9 Å². The van der Waals surface area contributed by atoms with E-state index in [1.807, 2.05) is 50.4 Å². The van der Waals surface area contributed by atoms with Crippen molar-refractivity contribution in [1.29, 1.82) is 0 Å². The minimum absolute atomic E-state index is 0.357. The molecule has 1 aromatic rings. The Bertz CT molecular complexity index is 616. The minimum atomic E-state index is -0.959. The molecule has 9 nitrogen and oxygen atoms in total. The number of hydrogen-bond donors (Lipinski definition) is 6. The van der Waals surface area contributed by atoms with Gasteiger partial charge in [0.15, 0.2) is 0 Å². The predicted octanol–water partition coefficient (Wildman–Crippen LogP) is 1.24. The number of rotatable bonds is 10. The van der Waals surface area contributed by atoms with Gasteiger partial charge >= 0.3 is 17.9 Å². The number of carboxylic acids is 3. The number of benzene rings is 1. The maximum Gasteiger partial charge on any atom is 0.320 e. The molecular weight excluding hydrogens is 410 g/mol. The predicted molar refractivity (Wildman–Crippen MR) is 119 cm³/mol. The van der Waals surface area contributed by atoms with Gasteiger partial charge in [-0.3, -0.25) is 14.4 Å². The van der Waals surface area contributed by atoms with E-state index >= 15 is 0 Å². The normalized spacial score (nSPS) is 13.0. The van der Waals surface area contributed by atoms with Gasteiger partial charge in [0.25, 0.3) is 0 Å². The monoisotopic (exact) mass is 445 g/mol. The van der Waals surface area contributed by atoms with Crippen molar-refractivity contribution >= 4 is 29.7 Å². The Balaban J connectivity index is 0. The number of nitrogens with two attached hydrogens (primary N) is 3. The molecule has 172 valence electrons. The lowest BCUT2D eigenvalue weighted by atomic mass is 10.1. The van der Waals surface area contributed by atoms with Gasteiger partial charge in [-0.15, -0.1) is 0 Å². The van der Waals surface area contributed by atoms with E-state index in [0.717, 1.165) is 11.3 Å². The first kappa shape index (κ1) is 30.1. The molecule has 0 bridgehead atoms. The Morgan fingerprint density at radius 3 is 1.67 bits per heavy atom. The molecule has 0 heterocycles. The molecule has 0 aliphatic heterocycles. The van der Waals surface area contributed by atoms with Gasteiger partial charge in [0.2, 0.25) is 0 Å². The van der Waals surface area contributed by atoms with E-state index in [1.54, 1.807) is 11.8 Å². The van der Waals surface area contributed by atoms with Crippen LogP contribution in [-0.2, 0) is 20.8 Å². The van der Waals surface area contributed by atoms with E-state index in [4.69, 9.17) is 32.5 Å². The van der Waals surface area contributed by atoms with Crippen LogP contribution >= 0.6 is 11.8 Å². The smallest absolute Gasteiger partial charge is 0.320 e. The summed E-state index contributed by atoms with van der Waals surface area (Å²) >= 11 is 1.60. The molecule has 0 saturated heterocycles. The van der Waals surface area contributed by atoms with Crippen LogP contribution in [0.1, 0.15) is 32.3 Å². The summed E-state index contributed by atoms with van der Waals surface area (Å²) in [7, 11) is 0. The van der Waals surface area contributed by atoms with Gasteiger partial charge in [-0.1, -0.05) is 44.2 Å². The summed E-state index contributed by atoms with van der Waals surface area (Å²) in [5.74, 6) is -1.62. The second-order valence-corrected chi connectivity index (χ2v) is 7.92. The zero-order valence-electron chi connectivity index (χ0n) is 17.7. The van der Waals surface area contributed by atoms with Gasteiger partial charge in [-0.05, 0) is 42.8 Å². The average molecular weight is 446 g/mol. The molecule has 1 rings (SSSR count). The lowest BCUT2D eigenvalue weighted by Gasteiger charge is -2.07. The third-order valence-corrected chi connectivity index (χ3v) is 4.25. The fourth-order valence-corrected chi connectivity index (χ4v) is 2.42. The number of carboxylic acid groups (broad SMARTS) is 3. The number of hydrogen-bond acceptors (Lipinski definition) is 7. The van der Waals surface area contributed by atoms with Crippen molar-refractivity contribution in [1.82, 2.24) is 0 Å². The van der Waals surface area contributed by atoms with E-state index in [0.29, 0.717) is 25.2 Å². The van der Waals surface area contributed by atoms with E-state index in [-0.39, 0.29) is 0 Å². The number of thioether (sulfide) groups is 1. The first-order chi connectivity index (χ1) is 13.9. The molecular formula is C20H35N3O6S. The molecule has 10 heteroatoms.